The SMILES string of the molecule is NCc1ncc(O)c(C(F)F)c1CO. The molecule has 4 nitrogen and oxygen atoms in total. The van der Waals surface area contributed by atoms with Crippen molar-refractivity contribution in [3.8, 4) is 5.75 Å². The van der Waals surface area contributed by atoms with E-state index in [0.29, 0.717) is 0 Å². The number of rotatable bonds is 3. The molecule has 4 N–H and O–H groups in total. The normalized spacial score (nSPS) is 10.9. The van der Waals surface area contributed by atoms with Crippen LogP contribution in [0.4, 0.5) is 8.78 Å². The van der Waals surface area contributed by atoms with Crippen molar-refractivity contribution in [2.24, 2.45) is 5.73 Å². The van der Waals surface area contributed by atoms with Gasteiger partial charge in [-0.15, -0.1) is 0 Å². The Kier molecular flexibility index (Phi) is 3.32. The molecule has 6 heteroatoms. The van der Waals surface area contributed by atoms with Crippen LogP contribution in [0.2, 0.25) is 0 Å². The maximum atomic E-state index is 12.5. The number of nitrogens with zero attached hydrogens (tertiary/aromatic N) is 1. The molecule has 0 aliphatic rings. The lowest BCUT2D eigenvalue weighted by Crippen LogP contribution is -2.08. The summed E-state index contributed by atoms with van der Waals surface area (Å²) in [7, 11) is 0. The van der Waals surface area contributed by atoms with Gasteiger partial charge >= 0.3 is 0 Å². The zero-order valence-electron chi connectivity index (χ0n) is 7.24. The standard InChI is InChI=1S/C8H10F2N2O2/c9-8(10)7-4(3-13)5(1-11)12-2-6(7)14/h2,8,13-14H,1,3,11H2. The number of aliphatic hydroxyl groups is 1. The molecule has 0 spiro atoms. The summed E-state index contributed by atoms with van der Waals surface area (Å²) < 4.78 is 24.9. The fraction of sp³-hybridized carbons (Fsp3) is 0.375. The second-order valence-electron chi connectivity index (χ2n) is 2.65. The summed E-state index contributed by atoms with van der Waals surface area (Å²) in [4.78, 5) is 3.64. The Morgan fingerprint density at radius 3 is 2.57 bits per heavy atom. The lowest BCUT2D eigenvalue weighted by atomic mass is 10.1. The minimum absolute atomic E-state index is 0.0596. The van der Waals surface area contributed by atoms with E-state index in [2.05, 4.69) is 4.98 Å². The summed E-state index contributed by atoms with van der Waals surface area (Å²) in [6.07, 6.45) is -1.95. The van der Waals surface area contributed by atoms with Crippen molar-refractivity contribution in [2.75, 3.05) is 0 Å². The Balaban J connectivity index is 3.35. The first-order chi connectivity index (χ1) is 6.61. The van der Waals surface area contributed by atoms with Crippen molar-refractivity contribution in [3.05, 3.63) is 23.0 Å². The molecule has 1 heterocycles. The van der Waals surface area contributed by atoms with Crippen molar-refractivity contribution >= 4 is 0 Å². The number of alkyl halides is 2. The second-order valence-corrected chi connectivity index (χ2v) is 2.65. The number of pyridine rings is 1. The van der Waals surface area contributed by atoms with Gasteiger partial charge in [-0.05, 0) is 0 Å². The molecule has 14 heavy (non-hydrogen) atoms. The van der Waals surface area contributed by atoms with Crippen LogP contribution in [-0.2, 0) is 13.2 Å². The number of aromatic hydroxyl groups is 1. The Morgan fingerprint density at radius 2 is 2.14 bits per heavy atom. The Labute approximate surface area is 79.0 Å². The molecule has 1 rings (SSSR count). The molecular weight excluding hydrogens is 194 g/mol. The van der Waals surface area contributed by atoms with E-state index < -0.39 is 24.3 Å². The van der Waals surface area contributed by atoms with E-state index in [-0.39, 0.29) is 17.8 Å². The van der Waals surface area contributed by atoms with Crippen LogP contribution in [0.5, 0.6) is 5.75 Å². The molecule has 78 valence electrons. The average molecular weight is 204 g/mol. The van der Waals surface area contributed by atoms with Crippen LogP contribution >= 0.6 is 0 Å². The van der Waals surface area contributed by atoms with Crippen LogP contribution < -0.4 is 5.73 Å². The molecule has 0 bridgehead atoms. The molecule has 0 saturated heterocycles. The second kappa shape index (κ2) is 4.30. The van der Waals surface area contributed by atoms with E-state index in [1.807, 2.05) is 0 Å². The zero-order chi connectivity index (χ0) is 10.7. The van der Waals surface area contributed by atoms with Crippen LogP contribution in [0.3, 0.4) is 0 Å². The summed E-state index contributed by atoms with van der Waals surface area (Å²) in [5.74, 6) is -0.624. The van der Waals surface area contributed by atoms with Crippen LogP contribution in [0.25, 0.3) is 0 Å². The van der Waals surface area contributed by atoms with Gasteiger partial charge in [0, 0.05) is 12.1 Å². The highest BCUT2D eigenvalue weighted by molar-refractivity contribution is 5.40. The summed E-state index contributed by atoms with van der Waals surface area (Å²) in [5, 5.41) is 18.0. The number of aliphatic hydroxyl groups excluding tert-OH is 1. The Bertz CT molecular complexity index is 331. The molecule has 0 aliphatic carbocycles. The summed E-state index contributed by atoms with van der Waals surface area (Å²) in [6.45, 7) is -0.677. The van der Waals surface area contributed by atoms with Gasteiger partial charge in [-0.3, -0.25) is 4.98 Å². The third-order valence-corrected chi connectivity index (χ3v) is 1.86. The molecule has 1 aromatic rings. The quantitative estimate of drug-likeness (QED) is 0.676. The molecule has 0 radical (unpaired) electrons. The summed E-state index contributed by atoms with van der Waals surface area (Å²) >= 11 is 0. The van der Waals surface area contributed by atoms with Gasteiger partial charge in [0.05, 0.1) is 24.1 Å². The van der Waals surface area contributed by atoms with Gasteiger partial charge < -0.3 is 15.9 Å². The maximum Gasteiger partial charge on any atom is 0.267 e. The van der Waals surface area contributed by atoms with E-state index in [4.69, 9.17) is 15.9 Å². The molecule has 0 unspecified atom stereocenters. The fourth-order valence-corrected chi connectivity index (χ4v) is 1.19. The molecular formula is C8H10F2N2O2. The van der Waals surface area contributed by atoms with Crippen molar-refractivity contribution in [2.45, 2.75) is 19.6 Å². The van der Waals surface area contributed by atoms with Crippen molar-refractivity contribution < 1.29 is 19.0 Å². The van der Waals surface area contributed by atoms with Gasteiger partial charge in [0.2, 0.25) is 0 Å². The number of aromatic nitrogens is 1. The highest BCUT2D eigenvalue weighted by atomic mass is 19.3. The molecule has 0 saturated carbocycles. The number of hydrogen-bond acceptors (Lipinski definition) is 4. The highest BCUT2D eigenvalue weighted by Crippen LogP contribution is 2.32. The van der Waals surface area contributed by atoms with E-state index in [9.17, 15) is 8.78 Å². The monoisotopic (exact) mass is 204 g/mol. The van der Waals surface area contributed by atoms with Crippen LogP contribution in [0.1, 0.15) is 23.2 Å². The van der Waals surface area contributed by atoms with E-state index >= 15 is 0 Å². The number of halogens is 2. The third-order valence-electron chi connectivity index (χ3n) is 1.86. The molecule has 1 aromatic heterocycles. The van der Waals surface area contributed by atoms with Gasteiger partial charge in [-0.2, -0.15) is 0 Å². The zero-order valence-corrected chi connectivity index (χ0v) is 7.24. The van der Waals surface area contributed by atoms with Crippen molar-refractivity contribution in [1.82, 2.24) is 4.98 Å². The van der Waals surface area contributed by atoms with E-state index in [0.717, 1.165) is 6.20 Å². The van der Waals surface area contributed by atoms with Gasteiger partial charge in [-0.25, -0.2) is 8.78 Å². The molecule has 0 fully saturated rings. The van der Waals surface area contributed by atoms with E-state index in [1.54, 1.807) is 0 Å². The lowest BCUT2D eigenvalue weighted by Gasteiger charge is -2.11. The molecule has 0 amide bonds. The van der Waals surface area contributed by atoms with Gasteiger partial charge in [0.1, 0.15) is 5.75 Å². The molecule has 0 atom stereocenters. The lowest BCUT2D eigenvalue weighted by molar-refractivity contribution is 0.142. The molecule has 0 aliphatic heterocycles. The van der Waals surface area contributed by atoms with Crippen molar-refractivity contribution in [3.63, 3.8) is 0 Å². The Morgan fingerprint density at radius 1 is 1.50 bits per heavy atom. The van der Waals surface area contributed by atoms with Crippen LogP contribution in [0, 0.1) is 0 Å². The third kappa shape index (κ3) is 1.80. The van der Waals surface area contributed by atoms with Gasteiger partial charge in [0.15, 0.2) is 0 Å². The molecule has 0 aromatic carbocycles. The first-order valence-corrected chi connectivity index (χ1v) is 3.90. The van der Waals surface area contributed by atoms with Crippen LogP contribution in [-0.4, -0.2) is 15.2 Å². The predicted molar refractivity (Wildman–Crippen MR) is 44.7 cm³/mol. The minimum atomic E-state index is -2.86. The number of hydrogen-bond donors (Lipinski definition) is 3. The fourth-order valence-electron chi connectivity index (χ4n) is 1.19. The predicted octanol–water partition coefficient (Wildman–Crippen LogP) is 0.676. The summed E-state index contributed by atoms with van der Waals surface area (Å²) in [6, 6.07) is 0. The van der Waals surface area contributed by atoms with Gasteiger partial charge in [0.25, 0.3) is 6.43 Å². The smallest absolute Gasteiger partial charge is 0.267 e. The maximum absolute atomic E-state index is 12.5. The topological polar surface area (TPSA) is 79.4 Å². The minimum Gasteiger partial charge on any atom is -0.506 e. The Hall–Kier alpha value is -1.27. The van der Waals surface area contributed by atoms with E-state index in [1.165, 1.54) is 0 Å². The largest absolute Gasteiger partial charge is 0.506 e. The van der Waals surface area contributed by atoms with Crippen molar-refractivity contribution in [1.29, 1.82) is 0 Å². The number of nitrogens with two attached hydrogens (primary N) is 1. The first-order valence-electron chi connectivity index (χ1n) is 3.90. The van der Waals surface area contributed by atoms with Crippen LogP contribution in [0.15, 0.2) is 6.20 Å². The summed E-state index contributed by atoms with van der Waals surface area (Å²) in [5.41, 5.74) is 4.72. The van der Waals surface area contributed by atoms with Gasteiger partial charge in [-0.1, -0.05) is 0 Å². The first kappa shape index (κ1) is 10.8. The average Bonchev–Trinajstić information content (AvgIpc) is 2.16. The highest BCUT2D eigenvalue weighted by Gasteiger charge is 2.20.